The van der Waals surface area contributed by atoms with Gasteiger partial charge in [0.2, 0.25) is 0 Å². The van der Waals surface area contributed by atoms with Crippen LogP contribution in [0.4, 0.5) is 18.3 Å². The molecule has 5 nitrogen and oxygen atoms in total. The molecule has 0 unspecified atom stereocenters. The van der Waals surface area contributed by atoms with Crippen molar-refractivity contribution < 1.29 is 22.7 Å². The van der Waals surface area contributed by atoms with Gasteiger partial charge < -0.3 is 15.0 Å². The predicted molar refractivity (Wildman–Crippen MR) is 92.8 cm³/mol. The molecule has 2 heterocycles. The number of benzene rings is 1. The van der Waals surface area contributed by atoms with E-state index in [0.717, 1.165) is 11.2 Å². The van der Waals surface area contributed by atoms with E-state index < -0.39 is 11.7 Å². The molecule has 140 valence electrons. The molecule has 0 radical (unpaired) electrons. The van der Waals surface area contributed by atoms with Gasteiger partial charge in [0.1, 0.15) is 16.7 Å². The fourth-order valence-corrected chi connectivity index (χ4v) is 3.70. The van der Waals surface area contributed by atoms with Crippen LogP contribution in [-0.2, 0) is 6.18 Å². The monoisotopic (exact) mass is 385 g/mol. The van der Waals surface area contributed by atoms with Crippen LogP contribution in [0, 0.1) is 0 Å². The van der Waals surface area contributed by atoms with E-state index in [1.807, 2.05) is 4.90 Å². The standard InChI is InChI=1S/C17H18F3N3O2S/c1-21-15(24)14-10-22-16(26-14)23-8-6-11(7-9-23)25-13-5-3-2-4-12(13)17(18,19)20/h2-5,10-11H,6-9H2,1H3,(H,21,24). The second-order valence-electron chi connectivity index (χ2n) is 5.88. The summed E-state index contributed by atoms with van der Waals surface area (Å²) in [7, 11) is 1.56. The zero-order valence-electron chi connectivity index (χ0n) is 14.0. The Labute approximate surface area is 152 Å². The molecule has 1 aliphatic rings. The Morgan fingerprint density at radius 2 is 2.00 bits per heavy atom. The molecule has 0 saturated carbocycles. The molecule has 1 aromatic heterocycles. The number of hydrogen-bond donors (Lipinski definition) is 1. The number of thiazole rings is 1. The summed E-state index contributed by atoms with van der Waals surface area (Å²) < 4.78 is 44.8. The summed E-state index contributed by atoms with van der Waals surface area (Å²) in [6.07, 6.45) is -2.02. The van der Waals surface area contributed by atoms with E-state index in [1.54, 1.807) is 7.05 Å². The Morgan fingerprint density at radius 3 is 2.65 bits per heavy atom. The highest BCUT2D eigenvalue weighted by atomic mass is 32.1. The molecule has 1 saturated heterocycles. The van der Waals surface area contributed by atoms with Crippen LogP contribution in [0.3, 0.4) is 0 Å². The van der Waals surface area contributed by atoms with Gasteiger partial charge in [-0.1, -0.05) is 23.5 Å². The van der Waals surface area contributed by atoms with Crippen LogP contribution in [0.5, 0.6) is 5.75 Å². The zero-order valence-corrected chi connectivity index (χ0v) is 14.9. The topological polar surface area (TPSA) is 54.5 Å². The predicted octanol–water partition coefficient (Wildman–Crippen LogP) is 3.57. The fourth-order valence-electron chi connectivity index (χ4n) is 2.79. The lowest BCUT2D eigenvalue weighted by Gasteiger charge is -2.32. The second kappa shape index (κ2) is 7.53. The number of ether oxygens (including phenoxy) is 1. The fraction of sp³-hybridized carbons (Fsp3) is 0.412. The van der Waals surface area contributed by atoms with Crippen molar-refractivity contribution in [1.29, 1.82) is 0 Å². The van der Waals surface area contributed by atoms with Gasteiger partial charge in [0.25, 0.3) is 5.91 Å². The molecule has 0 bridgehead atoms. The molecule has 0 atom stereocenters. The highest BCUT2D eigenvalue weighted by molar-refractivity contribution is 7.17. The minimum atomic E-state index is -4.44. The van der Waals surface area contributed by atoms with Gasteiger partial charge >= 0.3 is 6.18 Å². The van der Waals surface area contributed by atoms with Crippen LogP contribution in [-0.4, -0.2) is 37.1 Å². The first-order valence-electron chi connectivity index (χ1n) is 8.14. The summed E-state index contributed by atoms with van der Waals surface area (Å²) in [5.74, 6) is -0.315. The second-order valence-corrected chi connectivity index (χ2v) is 6.89. The van der Waals surface area contributed by atoms with Crippen molar-refractivity contribution in [1.82, 2.24) is 10.3 Å². The van der Waals surface area contributed by atoms with E-state index in [1.165, 1.54) is 35.7 Å². The van der Waals surface area contributed by atoms with Gasteiger partial charge in [-0.05, 0) is 12.1 Å². The number of aromatic nitrogens is 1. The number of hydrogen-bond acceptors (Lipinski definition) is 5. The number of nitrogens with zero attached hydrogens (tertiary/aromatic N) is 2. The maximum atomic E-state index is 13.1. The van der Waals surface area contributed by atoms with Crippen molar-refractivity contribution in [3.05, 3.63) is 40.9 Å². The first kappa shape index (κ1) is 18.5. The van der Waals surface area contributed by atoms with Crippen LogP contribution in [0.2, 0.25) is 0 Å². The van der Waals surface area contributed by atoms with Gasteiger partial charge in [-0.3, -0.25) is 4.79 Å². The van der Waals surface area contributed by atoms with Crippen LogP contribution in [0.15, 0.2) is 30.5 Å². The van der Waals surface area contributed by atoms with Crippen LogP contribution in [0.25, 0.3) is 0 Å². The smallest absolute Gasteiger partial charge is 0.419 e. The maximum absolute atomic E-state index is 13.1. The van der Waals surface area contributed by atoms with Crippen molar-refractivity contribution in [3.8, 4) is 5.75 Å². The van der Waals surface area contributed by atoms with E-state index in [0.29, 0.717) is 30.8 Å². The molecule has 1 fully saturated rings. The molecule has 2 aromatic rings. The van der Waals surface area contributed by atoms with Crippen molar-refractivity contribution in [2.24, 2.45) is 0 Å². The number of rotatable bonds is 4. The summed E-state index contributed by atoms with van der Waals surface area (Å²) in [6.45, 7) is 1.22. The third-order valence-electron chi connectivity index (χ3n) is 4.14. The van der Waals surface area contributed by atoms with E-state index in [4.69, 9.17) is 4.74 Å². The summed E-state index contributed by atoms with van der Waals surface area (Å²) in [5, 5.41) is 3.28. The number of carbonyl (C=O) groups is 1. The average molecular weight is 385 g/mol. The molecular formula is C17H18F3N3O2S. The number of nitrogens with one attached hydrogen (secondary N) is 1. The van der Waals surface area contributed by atoms with E-state index in [9.17, 15) is 18.0 Å². The van der Waals surface area contributed by atoms with Crippen molar-refractivity contribution >= 4 is 22.4 Å². The van der Waals surface area contributed by atoms with Gasteiger partial charge in [-0.2, -0.15) is 13.2 Å². The molecular weight excluding hydrogens is 367 g/mol. The van der Waals surface area contributed by atoms with E-state index in [-0.39, 0.29) is 17.8 Å². The molecule has 0 spiro atoms. The Balaban J connectivity index is 1.61. The number of carbonyl (C=O) groups excluding carboxylic acids is 1. The molecule has 1 amide bonds. The molecule has 3 rings (SSSR count). The maximum Gasteiger partial charge on any atom is 0.419 e. The quantitative estimate of drug-likeness (QED) is 0.874. The lowest BCUT2D eigenvalue weighted by atomic mass is 10.1. The SMILES string of the molecule is CNC(=O)c1cnc(N2CCC(Oc3ccccc3C(F)(F)F)CC2)s1. The number of para-hydroxylation sites is 1. The molecule has 0 aliphatic carbocycles. The van der Waals surface area contributed by atoms with Gasteiger partial charge in [0, 0.05) is 33.0 Å². The number of alkyl halides is 3. The molecule has 1 N–H and O–H groups in total. The van der Waals surface area contributed by atoms with E-state index >= 15 is 0 Å². The van der Waals surface area contributed by atoms with E-state index in [2.05, 4.69) is 10.3 Å². The summed E-state index contributed by atoms with van der Waals surface area (Å²) in [5.41, 5.74) is -0.752. The zero-order chi connectivity index (χ0) is 18.7. The molecule has 1 aromatic carbocycles. The van der Waals surface area contributed by atoms with Crippen molar-refractivity contribution in [2.75, 3.05) is 25.0 Å². The first-order valence-corrected chi connectivity index (χ1v) is 8.96. The highest BCUT2D eigenvalue weighted by Gasteiger charge is 2.35. The molecule has 9 heteroatoms. The number of piperidine rings is 1. The summed E-state index contributed by atoms with van der Waals surface area (Å²) >= 11 is 1.30. The minimum absolute atomic E-state index is 0.130. The minimum Gasteiger partial charge on any atom is -0.490 e. The third-order valence-corrected chi connectivity index (χ3v) is 5.20. The van der Waals surface area contributed by atoms with Gasteiger partial charge in [-0.15, -0.1) is 0 Å². The lowest BCUT2D eigenvalue weighted by molar-refractivity contribution is -0.139. The number of anilines is 1. The van der Waals surface area contributed by atoms with Crippen molar-refractivity contribution in [2.45, 2.75) is 25.1 Å². The van der Waals surface area contributed by atoms with Crippen molar-refractivity contribution in [3.63, 3.8) is 0 Å². The molecule has 26 heavy (non-hydrogen) atoms. The normalized spacial score (nSPS) is 15.8. The van der Waals surface area contributed by atoms with Crippen LogP contribution in [0.1, 0.15) is 28.1 Å². The largest absolute Gasteiger partial charge is 0.490 e. The summed E-state index contributed by atoms with van der Waals surface area (Å²) in [6, 6.07) is 5.27. The first-order chi connectivity index (χ1) is 12.4. The van der Waals surface area contributed by atoms with Gasteiger partial charge in [0.05, 0.1) is 11.8 Å². The Morgan fingerprint density at radius 1 is 1.31 bits per heavy atom. The van der Waals surface area contributed by atoms with Gasteiger partial charge in [0.15, 0.2) is 5.13 Å². The number of halogens is 3. The number of amides is 1. The van der Waals surface area contributed by atoms with Crippen LogP contribution < -0.4 is 15.0 Å². The third kappa shape index (κ3) is 4.09. The van der Waals surface area contributed by atoms with Crippen LogP contribution >= 0.6 is 11.3 Å². The Kier molecular flexibility index (Phi) is 5.36. The molecule has 1 aliphatic heterocycles. The Bertz CT molecular complexity index is 771. The lowest BCUT2D eigenvalue weighted by Crippen LogP contribution is -2.38. The van der Waals surface area contributed by atoms with Gasteiger partial charge in [-0.25, -0.2) is 4.98 Å². The highest BCUT2D eigenvalue weighted by Crippen LogP contribution is 2.37. The Hall–Kier alpha value is -2.29. The average Bonchev–Trinajstić information content (AvgIpc) is 3.11. The summed E-state index contributed by atoms with van der Waals surface area (Å²) in [4.78, 5) is 18.4.